The van der Waals surface area contributed by atoms with Crippen LogP contribution in [0.3, 0.4) is 0 Å². The summed E-state index contributed by atoms with van der Waals surface area (Å²) >= 11 is 0. The molecular formula is C10H19NO4S. The molecule has 0 aromatic heterocycles. The van der Waals surface area contributed by atoms with Gasteiger partial charge in [0.05, 0.1) is 11.7 Å². The summed E-state index contributed by atoms with van der Waals surface area (Å²) in [6.45, 7) is 5.12. The summed E-state index contributed by atoms with van der Waals surface area (Å²) in [5, 5.41) is 8.93. The van der Waals surface area contributed by atoms with E-state index in [1.54, 1.807) is 6.92 Å². The lowest BCUT2D eigenvalue weighted by molar-refractivity contribution is -0.142. The monoisotopic (exact) mass is 249 g/mol. The first-order valence-electron chi connectivity index (χ1n) is 5.51. The molecule has 2 unspecified atom stereocenters. The summed E-state index contributed by atoms with van der Waals surface area (Å²) in [7, 11) is -2.95. The number of hydrogen-bond donors (Lipinski definition) is 1. The summed E-state index contributed by atoms with van der Waals surface area (Å²) in [4.78, 5) is 12.8. The number of carboxylic acids is 1. The van der Waals surface area contributed by atoms with E-state index in [0.717, 1.165) is 0 Å². The van der Waals surface area contributed by atoms with Gasteiger partial charge in [-0.15, -0.1) is 0 Å². The second-order valence-electron chi connectivity index (χ2n) is 4.42. The lowest BCUT2D eigenvalue weighted by Crippen LogP contribution is -2.29. The van der Waals surface area contributed by atoms with Gasteiger partial charge in [-0.1, -0.05) is 13.8 Å². The highest BCUT2D eigenvalue weighted by atomic mass is 32.2. The van der Waals surface area contributed by atoms with Crippen LogP contribution in [0.1, 0.15) is 13.8 Å². The van der Waals surface area contributed by atoms with Crippen molar-refractivity contribution in [3.05, 3.63) is 0 Å². The Morgan fingerprint density at radius 2 is 2.06 bits per heavy atom. The molecule has 0 amide bonds. The average molecular weight is 249 g/mol. The molecule has 1 aliphatic rings. The van der Waals surface area contributed by atoms with E-state index in [0.29, 0.717) is 19.6 Å². The van der Waals surface area contributed by atoms with Crippen molar-refractivity contribution in [3.63, 3.8) is 0 Å². The molecule has 1 heterocycles. The third-order valence-corrected chi connectivity index (χ3v) is 4.85. The van der Waals surface area contributed by atoms with Crippen molar-refractivity contribution in [2.24, 2.45) is 11.8 Å². The summed E-state index contributed by atoms with van der Waals surface area (Å²) in [6.07, 6.45) is 0. The van der Waals surface area contributed by atoms with Gasteiger partial charge in [0.1, 0.15) is 0 Å². The van der Waals surface area contributed by atoms with E-state index in [9.17, 15) is 13.2 Å². The molecule has 16 heavy (non-hydrogen) atoms. The van der Waals surface area contributed by atoms with Crippen LogP contribution >= 0.6 is 0 Å². The van der Waals surface area contributed by atoms with Gasteiger partial charge in [-0.3, -0.25) is 4.79 Å². The van der Waals surface area contributed by atoms with Crippen LogP contribution in [-0.2, 0) is 14.6 Å². The van der Waals surface area contributed by atoms with E-state index < -0.39 is 15.8 Å². The normalized spacial score (nSPS) is 27.1. The zero-order valence-corrected chi connectivity index (χ0v) is 10.5. The maximum absolute atomic E-state index is 11.3. The van der Waals surface area contributed by atoms with Crippen LogP contribution in [0.2, 0.25) is 0 Å². The lowest BCUT2D eigenvalue weighted by Gasteiger charge is -2.14. The van der Waals surface area contributed by atoms with E-state index in [1.165, 1.54) is 0 Å². The quantitative estimate of drug-likeness (QED) is 0.746. The Labute approximate surface area is 96.4 Å². The van der Waals surface area contributed by atoms with Crippen LogP contribution in [0.4, 0.5) is 0 Å². The van der Waals surface area contributed by atoms with Gasteiger partial charge in [0.15, 0.2) is 9.84 Å². The van der Waals surface area contributed by atoms with Crippen LogP contribution in [-0.4, -0.2) is 55.5 Å². The maximum atomic E-state index is 11.3. The highest BCUT2D eigenvalue weighted by Crippen LogP contribution is 2.22. The van der Waals surface area contributed by atoms with Gasteiger partial charge in [-0.05, 0) is 5.92 Å². The number of aliphatic carboxylic acids is 1. The predicted octanol–water partition coefficient (Wildman–Crippen LogP) is 0.0736. The molecule has 94 valence electrons. The number of hydrogen-bond acceptors (Lipinski definition) is 4. The van der Waals surface area contributed by atoms with E-state index in [4.69, 9.17) is 5.11 Å². The molecule has 1 N–H and O–H groups in total. The third-order valence-electron chi connectivity index (χ3n) is 3.16. The maximum Gasteiger partial charge on any atom is 0.308 e. The van der Waals surface area contributed by atoms with Crippen molar-refractivity contribution in [1.29, 1.82) is 0 Å². The molecule has 1 aliphatic heterocycles. The first-order valence-corrected chi connectivity index (χ1v) is 7.33. The van der Waals surface area contributed by atoms with Crippen molar-refractivity contribution in [2.75, 3.05) is 31.1 Å². The van der Waals surface area contributed by atoms with Crippen LogP contribution in [0.5, 0.6) is 0 Å². The fourth-order valence-electron chi connectivity index (χ4n) is 1.98. The molecule has 0 saturated carbocycles. The Kier molecular flexibility index (Phi) is 4.32. The van der Waals surface area contributed by atoms with E-state index >= 15 is 0 Å². The van der Waals surface area contributed by atoms with E-state index in [-0.39, 0.29) is 23.3 Å². The predicted molar refractivity (Wildman–Crippen MR) is 61.1 cm³/mol. The Morgan fingerprint density at radius 3 is 2.50 bits per heavy atom. The van der Waals surface area contributed by atoms with Crippen LogP contribution < -0.4 is 0 Å². The number of likely N-dealkylation sites (tertiary alicyclic amines) is 1. The van der Waals surface area contributed by atoms with Crippen molar-refractivity contribution in [3.8, 4) is 0 Å². The molecular weight excluding hydrogens is 230 g/mol. The molecule has 0 bridgehead atoms. The fourth-order valence-corrected chi connectivity index (χ4v) is 2.81. The SMILES string of the molecule is CCS(=O)(=O)CCN1CC(C)C(C(=O)O)C1. The molecule has 5 nitrogen and oxygen atoms in total. The number of carboxylic acid groups (broad SMARTS) is 1. The van der Waals surface area contributed by atoms with Crippen molar-refractivity contribution >= 4 is 15.8 Å². The van der Waals surface area contributed by atoms with Gasteiger partial charge in [0, 0.05) is 25.4 Å². The Morgan fingerprint density at radius 1 is 1.44 bits per heavy atom. The minimum absolute atomic E-state index is 0.0989. The Hall–Kier alpha value is -0.620. The second-order valence-corrected chi connectivity index (χ2v) is 6.89. The van der Waals surface area contributed by atoms with Gasteiger partial charge < -0.3 is 10.0 Å². The average Bonchev–Trinajstić information content (AvgIpc) is 2.57. The number of sulfone groups is 1. The molecule has 0 aliphatic carbocycles. The van der Waals surface area contributed by atoms with Gasteiger partial charge in [0.2, 0.25) is 0 Å². The Balaban J connectivity index is 2.45. The molecule has 1 fully saturated rings. The molecule has 0 aromatic rings. The largest absolute Gasteiger partial charge is 0.481 e. The third kappa shape index (κ3) is 3.45. The number of nitrogens with zero attached hydrogens (tertiary/aromatic N) is 1. The zero-order valence-electron chi connectivity index (χ0n) is 9.72. The van der Waals surface area contributed by atoms with Gasteiger partial charge in [-0.2, -0.15) is 0 Å². The first-order chi connectivity index (χ1) is 7.35. The summed E-state index contributed by atoms with van der Waals surface area (Å²) < 4.78 is 22.6. The number of rotatable bonds is 5. The summed E-state index contributed by atoms with van der Waals surface area (Å²) in [5.74, 6) is -0.763. The van der Waals surface area contributed by atoms with Crippen LogP contribution in [0.15, 0.2) is 0 Å². The van der Waals surface area contributed by atoms with Gasteiger partial charge in [-0.25, -0.2) is 8.42 Å². The molecule has 0 spiro atoms. The highest BCUT2D eigenvalue weighted by Gasteiger charge is 2.34. The minimum atomic E-state index is -2.95. The smallest absolute Gasteiger partial charge is 0.308 e. The van der Waals surface area contributed by atoms with Crippen molar-refractivity contribution in [1.82, 2.24) is 4.90 Å². The summed E-state index contributed by atoms with van der Waals surface area (Å²) in [6, 6.07) is 0. The summed E-state index contributed by atoms with van der Waals surface area (Å²) in [5.41, 5.74) is 0. The zero-order chi connectivity index (χ0) is 12.3. The minimum Gasteiger partial charge on any atom is -0.481 e. The molecule has 1 saturated heterocycles. The highest BCUT2D eigenvalue weighted by molar-refractivity contribution is 7.91. The second kappa shape index (κ2) is 5.14. The topological polar surface area (TPSA) is 74.7 Å². The van der Waals surface area contributed by atoms with Crippen molar-refractivity contribution in [2.45, 2.75) is 13.8 Å². The van der Waals surface area contributed by atoms with Gasteiger partial charge in [0.25, 0.3) is 0 Å². The fraction of sp³-hybridized carbons (Fsp3) is 0.900. The molecule has 0 aromatic carbocycles. The Bertz CT molecular complexity index is 352. The van der Waals surface area contributed by atoms with Crippen LogP contribution in [0, 0.1) is 11.8 Å². The van der Waals surface area contributed by atoms with E-state index in [2.05, 4.69) is 0 Å². The van der Waals surface area contributed by atoms with Gasteiger partial charge >= 0.3 is 5.97 Å². The first kappa shape index (κ1) is 13.4. The standard InChI is InChI=1S/C10H19NO4S/c1-3-16(14,15)5-4-11-6-8(2)9(7-11)10(12)13/h8-9H,3-7H2,1-2H3,(H,12,13). The molecule has 6 heteroatoms. The molecule has 0 radical (unpaired) electrons. The van der Waals surface area contributed by atoms with Crippen LogP contribution in [0.25, 0.3) is 0 Å². The van der Waals surface area contributed by atoms with E-state index in [1.807, 2.05) is 11.8 Å². The molecule has 2 atom stereocenters. The van der Waals surface area contributed by atoms with Crippen molar-refractivity contribution < 1.29 is 18.3 Å². The molecule has 1 rings (SSSR count). The number of carbonyl (C=O) groups is 1. The lowest BCUT2D eigenvalue weighted by atomic mass is 9.99.